The monoisotopic (exact) mass is 548 g/mol. The molecule has 4 heterocycles. The molecule has 2 atom stereocenters. The Morgan fingerprint density at radius 2 is 1.95 bits per heavy atom. The molecule has 2 aromatic carbocycles. The topological polar surface area (TPSA) is 107 Å². The molecule has 0 aliphatic carbocycles. The molecule has 0 unspecified atom stereocenters. The van der Waals surface area contributed by atoms with Crippen molar-refractivity contribution >= 4 is 51.1 Å². The number of hydrogen-bond donors (Lipinski definition) is 2. The summed E-state index contributed by atoms with van der Waals surface area (Å²) in [5.41, 5.74) is 8.74. The molecule has 39 heavy (non-hydrogen) atoms. The summed E-state index contributed by atoms with van der Waals surface area (Å²) >= 11 is 6.86. The van der Waals surface area contributed by atoms with E-state index in [0.717, 1.165) is 10.9 Å². The first-order chi connectivity index (χ1) is 18.7. The van der Waals surface area contributed by atoms with Gasteiger partial charge in [0.1, 0.15) is 11.3 Å². The van der Waals surface area contributed by atoms with Crippen LogP contribution in [-0.2, 0) is 4.79 Å². The summed E-state index contributed by atoms with van der Waals surface area (Å²) in [6.07, 6.45) is 3.04. The van der Waals surface area contributed by atoms with Crippen molar-refractivity contribution in [2.24, 2.45) is 5.73 Å². The minimum atomic E-state index is -0.515. The number of aryl methyl sites for hydroxylation is 1. The van der Waals surface area contributed by atoms with Crippen LogP contribution in [0.15, 0.2) is 37.1 Å². The van der Waals surface area contributed by atoms with Crippen LogP contribution in [0.4, 0.5) is 16.2 Å². The van der Waals surface area contributed by atoms with Crippen LogP contribution in [0.1, 0.15) is 19.4 Å². The Morgan fingerprint density at radius 1 is 1.18 bits per heavy atom. The number of hydrogen-bond acceptors (Lipinski definition) is 7. The molecule has 11 heteroatoms. The van der Waals surface area contributed by atoms with Crippen LogP contribution >= 0.6 is 11.6 Å². The first-order valence-corrected chi connectivity index (χ1v) is 13.4. The van der Waals surface area contributed by atoms with E-state index in [0.29, 0.717) is 54.4 Å². The van der Waals surface area contributed by atoms with Gasteiger partial charge < -0.3 is 20.4 Å². The van der Waals surface area contributed by atoms with Crippen LogP contribution in [0.5, 0.6) is 0 Å². The van der Waals surface area contributed by atoms with Crippen LogP contribution in [0, 0.1) is 12.7 Å². The normalized spacial score (nSPS) is 20.1. The van der Waals surface area contributed by atoms with Gasteiger partial charge in [0.2, 0.25) is 11.9 Å². The SMILES string of the molecule is C=CC(=O)N1C[C@H](C)N(c2nc(N3CC(N)C3)nc3c(F)c(-c4c(C)ccc5cn[nH]c45)c(Cl)cc23)C[C@H]1C. The number of fused-ring (bicyclic) bond motifs is 2. The molecule has 3 N–H and O–H groups in total. The minimum absolute atomic E-state index is 0.0198. The number of carbonyl (C=O) groups is 1. The highest BCUT2D eigenvalue weighted by Gasteiger charge is 2.35. The smallest absolute Gasteiger partial charge is 0.246 e. The zero-order valence-corrected chi connectivity index (χ0v) is 22.8. The van der Waals surface area contributed by atoms with Crippen molar-refractivity contribution in [3.05, 3.63) is 53.5 Å². The Bertz CT molecular complexity index is 1630. The van der Waals surface area contributed by atoms with Gasteiger partial charge in [0, 0.05) is 66.2 Å². The number of nitrogens with zero attached hydrogens (tertiary/aromatic N) is 6. The Labute approximate surface area is 230 Å². The first kappa shape index (κ1) is 25.5. The lowest BCUT2D eigenvalue weighted by molar-refractivity contribution is -0.128. The number of carbonyl (C=O) groups excluding carboxylic acids is 1. The molecule has 0 radical (unpaired) electrons. The number of aromatic nitrogens is 4. The highest BCUT2D eigenvalue weighted by molar-refractivity contribution is 6.35. The highest BCUT2D eigenvalue weighted by atomic mass is 35.5. The number of aromatic amines is 1. The number of H-pyrrole nitrogens is 1. The number of piperazine rings is 1. The van der Waals surface area contributed by atoms with E-state index in [1.165, 1.54) is 6.08 Å². The summed E-state index contributed by atoms with van der Waals surface area (Å²) in [6.45, 7) is 11.7. The lowest BCUT2D eigenvalue weighted by Gasteiger charge is -2.45. The molecule has 2 aliphatic heterocycles. The second kappa shape index (κ2) is 9.46. The molecule has 9 nitrogen and oxygen atoms in total. The van der Waals surface area contributed by atoms with E-state index in [9.17, 15) is 4.79 Å². The third-order valence-electron chi connectivity index (χ3n) is 7.84. The van der Waals surface area contributed by atoms with Gasteiger partial charge in [-0.25, -0.2) is 9.37 Å². The Hall–Kier alpha value is -3.76. The van der Waals surface area contributed by atoms with E-state index in [4.69, 9.17) is 27.3 Å². The standard InChI is InChI=1S/C28H30ClFN8O/c1-5-21(39)37-10-16(4)38(11-15(37)3)27-19-8-20(29)23(22-14(2)6-7-17-9-32-35-25(17)22)24(30)26(19)33-28(34-27)36-12-18(31)13-36/h5-9,15-16,18H,1,10-13,31H2,2-4H3,(H,32,35)/t15-,16+/m1/s1. The van der Waals surface area contributed by atoms with Gasteiger partial charge in [-0.15, -0.1) is 0 Å². The second-order valence-corrected chi connectivity index (χ2v) is 11.0. The van der Waals surface area contributed by atoms with Crippen molar-refractivity contribution in [3.8, 4) is 11.1 Å². The van der Waals surface area contributed by atoms with E-state index in [-0.39, 0.29) is 40.1 Å². The van der Waals surface area contributed by atoms with Gasteiger partial charge in [0.25, 0.3) is 0 Å². The lowest BCUT2D eigenvalue weighted by Crippen LogP contribution is -2.58. The van der Waals surface area contributed by atoms with Crippen LogP contribution in [0.3, 0.4) is 0 Å². The molecule has 6 rings (SSSR count). The minimum Gasteiger partial charge on any atom is -0.349 e. The Kier molecular flexibility index (Phi) is 6.19. The van der Waals surface area contributed by atoms with E-state index in [1.54, 1.807) is 17.2 Å². The summed E-state index contributed by atoms with van der Waals surface area (Å²) in [7, 11) is 0. The number of anilines is 2. The molecule has 0 bridgehead atoms. The highest BCUT2D eigenvalue weighted by Crippen LogP contribution is 2.42. The fourth-order valence-corrected chi connectivity index (χ4v) is 6.01. The van der Waals surface area contributed by atoms with Crippen molar-refractivity contribution in [2.75, 3.05) is 36.0 Å². The van der Waals surface area contributed by atoms with Gasteiger partial charge in [0.15, 0.2) is 5.82 Å². The van der Waals surface area contributed by atoms with Gasteiger partial charge in [-0.05, 0) is 38.5 Å². The number of nitrogens with one attached hydrogen (secondary N) is 1. The van der Waals surface area contributed by atoms with Crippen LogP contribution in [-0.4, -0.2) is 75.3 Å². The maximum absolute atomic E-state index is 16.7. The fraction of sp³-hybridized carbons (Fsp3) is 0.357. The average molecular weight is 549 g/mol. The lowest BCUT2D eigenvalue weighted by atomic mass is 9.96. The molecular formula is C28H30ClFN8O. The number of amides is 1. The largest absolute Gasteiger partial charge is 0.349 e. The Morgan fingerprint density at radius 3 is 2.67 bits per heavy atom. The van der Waals surface area contributed by atoms with E-state index < -0.39 is 5.82 Å². The fourth-order valence-electron chi connectivity index (χ4n) is 5.72. The summed E-state index contributed by atoms with van der Waals surface area (Å²) in [5, 5.41) is 8.79. The maximum atomic E-state index is 16.7. The zero-order valence-electron chi connectivity index (χ0n) is 22.1. The van der Waals surface area contributed by atoms with Gasteiger partial charge in [0.05, 0.1) is 16.7 Å². The van der Waals surface area contributed by atoms with Crippen molar-refractivity contribution in [3.63, 3.8) is 0 Å². The average Bonchev–Trinajstić information content (AvgIpc) is 3.37. The molecule has 2 aliphatic rings. The zero-order chi connectivity index (χ0) is 27.6. The molecule has 0 saturated carbocycles. The van der Waals surface area contributed by atoms with Crippen LogP contribution < -0.4 is 15.5 Å². The molecule has 4 aromatic rings. The molecule has 0 spiro atoms. The molecular weight excluding hydrogens is 519 g/mol. The third kappa shape index (κ3) is 4.09. The quantitative estimate of drug-likeness (QED) is 0.371. The van der Waals surface area contributed by atoms with Gasteiger partial charge >= 0.3 is 0 Å². The first-order valence-electron chi connectivity index (χ1n) is 13.0. The summed E-state index contributed by atoms with van der Waals surface area (Å²) in [5.74, 6) is 0.383. The van der Waals surface area contributed by atoms with Crippen LogP contribution in [0.25, 0.3) is 32.9 Å². The summed E-state index contributed by atoms with van der Waals surface area (Å²) in [4.78, 5) is 27.9. The molecule has 2 aromatic heterocycles. The van der Waals surface area contributed by atoms with Crippen molar-refractivity contribution in [2.45, 2.75) is 38.9 Å². The molecule has 202 valence electrons. The molecule has 1 amide bonds. The Balaban J connectivity index is 1.56. The van der Waals surface area contributed by atoms with E-state index >= 15 is 4.39 Å². The second-order valence-electron chi connectivity index (χ2n) is 10.6. The van der Waals surface area contributed by atoms with Crippen molar-refractivity contribution in [1.29, 1.82) is 0 Å². The van der Waals surface area contributed by atoms with Gasteiger partial charge in [-0.2, -0.15) is 10.1 Å². The van der Waals surface area contributed by atoms with Crippen LogP contribution in [0.2, 0.25) is 5.02 Å². The maximum Gasteiger partial charge on any atom is 0.246 e. The van der Waals surface area contributed by atoms with Crippen molar-refractivity contribution < 1.29 is 9.18 Å². The number of benzene rings is 2. The van der Waals surface area contributed by atoms with E-state index in [1.807, 2.05) is 37.8 Å². The van der Waals surface area contributed by atoms with Crippen molar-refractivity contribution in [1.82, 2.24) is 25.1 Å². The van der Waals surface area contributed by atoms with E-state index in [2.05, 4.69) is 21.7 Å². The number of nitrogens with two attached hydrogens (primary N) is 1. The molecule has 2 fully saturated rings. The summed E-state index contributed by atoms with van der Waals surface area (Å²) in [6, 6.07) is 5.46. The number of rotatable bonds is 4. The third-order valence-corrected chi connectivity index (χ3v) is 8.13. The predicted octanol–water partition coefficient (Wildman–Crippen LogP) is 4.03. The van der Waals surface area contributed by atoms with Gasteiger partial charge in [-0.1, -0.05) is 30.3 Å². The molecule has 2 saturated heterocycles. The predicted molar refractivity (Wildman–Crippen MR) is 153 cm³/mol. The van der Waals surface area contributed by atoms with Gasteiger partial charge in [-0.3, -0.25) is 9.89 Å². The number of halogens is 2. The summed E-state index contributed by atoms with van der Waals surface area (Å²) < 4.78 is 16.7.